The molecule has 25 heavy (non-hydrogen) atoms. The van der Waals surface area contributed by atoms with Gasteiger partial charge in [0.05, 0.1) is 35.4 Å². The van der Waals surface area contributed by atoms with Gasteiger partial charge in [0.15, 0.2) is 11.6 Å². The van der Waals surface area contributed by atoms with Crippen molar-refractivity contribution in [3.05, 3.63) is 58.9 Å². The summed E-state index contributed by atoms with van der Waals surface area (Å²) in [6.45, 7) is 3.08. The number of hydrogen-bond acceptors (Lipinski definition) is 3. The van der Waals surface area contributed by atoms with Crippen molar-refractivity contribution in [3.8, 4) is 5.75 Å². The minimum Gasteiger partial charge on any atom is -0.494 e. The van der Waals surface area contributed by atoms with Gasteiger partial charge in [-0.2, -0.15) is 0 Å². The maximum Gasteiger partial charge on any atom is 0.165 e. The smallest absolute Gasteiger partial charge is 0.165 e. The molecular formula is C20H22FN2OS+. The number of nitrogens with zero attached hydrogens (tertiary/aromatic N) is 1. The van der Waals surface area contributed by atoms with Crippen LogP contribution in [0.3, 0.4) is 0 Å². The van der Waals surface area contributed by atoms with Crippen LogP contribution in [0.4, 0.5) is 4.39 Å². The first-order chi connectivity index (χ1) is 12.2. The monoisotopic (exact) mass is 357 g/mol. The van der Waals surface area contributed by atoms with Crippen molar-refractivity contribution in [3.63, 3.8) is 0 Å². The largest absolute Gasteiger partial charge is 0.494 e. The Morgan fingerprint density at radius 1 is 1.20 bits per heavy atom. The summed E-state index contributed by atoms with van der Waals surface area (Å²) in [5.74, 6) is 0.603. The van der Waals surface area contributed by atoms with Gasteiger partial charge in [0.25, 0.3) is 0 Å². The number of halogens is 1. The second-order valence-electron chi connectivity index (χ2n) is 6.69. The molecule has 0 atom stereocenters. The summed E-state index contributed by atoms with van der Waals surface area (Å²) in [5.41, 5.74) is 2.15. The van der Waals surface area contributed by atoms with Crippen molar-refractivity contribution in [1.82, 2.24) is 4.98 Å². The number of ether oxygens (including phenoxy) is 1. The fourth-order valence-electron chi connectivity index (χ4n) is 3.62. The topological polar surface area (TPSA) is 26.6 Å². The Bertz CT molecular complexity index is 838. The number of likely N-dealkylation sites (tertiary alicyclic amines) is 1. The average Bonchev–Trinajstić information content (AvgIpc) is 3.07. The second-order valence-corrected chi connectivity index (χ2v) is 7.75. The average molecular weight is 357 g/mol. The van der Waals surface area contributed by atoms with Crippen molar-refractivity contribution >= 4 is 21.6 Å². The molecule has 4 rings (SSSR count). The molecule has 1 fully saturated rings. The van der Waals surface area contributed by atoms with Crippen LogP contribution in [0.1, 0.15) is 29.3 Å². The SMILES string of the molecule is COc1ccc(C[NH+]2CCC(c3nc4ccccc4s3)CC2)cc1F. The Morgan fingerprint density at radius 3 is 2.72 bits per heavy atom. The van der Waals surface area contributed by atoms with E-state index < -0.39 is 0 Å². The molecule has 0 bridgehead atoms. The van der Waals surface area contributed by atoms with Gasteiger partial charge < -0.3 is 9.64 Å². The molecule has 1 aromatic heterocycles. The molecule has 130 valence electrons. The highest BCUT2D eigenvalue weighted by Gasteiger charge is 2.26. The second kappa shape index (κ2) is 7.10. The van der Waals surface area contributed by atoms with Crippen LogP contribution < -0.4 is 9.64 Å². The first-order valence-electron chi connectivity index (χ1n) is 8.74. The number of hydrogen-bond donors (Lipinski definition) is 1. The number of thiazole rings is 1. The number of benzene rings is 2. The van der Waals surface area contributed by atoms with E-state index in [0.29, 0.717) is 11.7 Å². The van der Waals surface area contributed by atoms with Crippen LogP contribution in [0.25, 0.3) is 10.2 Å². The Balaban J connectivity index is 1.38. The van der Waals surface area contributed by atoms with Crippen molar-refractivity contribution in [2.45, 2.75) is 25.3 Å². The lowest BCUT2D eigenvalue weighted by atomic mass is 9.97. The van der Waals surface area contributed by atoms with Crippen LogP contribution in [0.15, 0.2) is 42.5 Å². The van der Waals surface area contributed by atoms with Gasteiger partial charge in [0.1, 0.15) is 6.54 Å². The van der Waals surface area contributed by atoms with Crippen LogP contribution in [-0.2, 0) is 6.54 Å². The maximum atomic E-state index is 13.8. The molecule has 0 unspecified atom stereocenters. The molecule has 3 aromatic rings. The molecule has 2 heterocycles. The zero-order chi connectivity index (χ0) is 17.2. The minimum absolute atomic E-state index is 0.274. The third kappa shape index (κ3) is 3.53. The summed E-state index contributed by atoms with van der Waals surface area (Å²) in [4.78, 5) is 6.34. The quantitative estimate of drug-likeness (QED) is 0.775. The molecule has 3 nitrogen and oxygen atoms in total. The summed E-state index contributed by atoms with van der Waals surface area (Å²) in [6.07, 6.45) is 2.29. The normalized spacial score (nSPS) is 20.7. The van der Waals surface area contributed by atoms with Gasteiger partial charge in [-0.15, -0.1) is 11.3 Å². The molecule has 1 saturated heterocycles. The van der Waals surface area contributed by atoms with Crippen molar-refractivity contribution < 1.29 is 14.0 Å². The highest BCUT2D eigenvalue weighted by atomic mass is 32.1. The summed E-state index contributed by atoms with van der Waals surface area (Å²) in [6, 6.07) is 13.7. The highest BCUT2D eigenvalue weighted by Crippen LogP contribution is 2.31. The van der Waals surface area contributed by atoms with Crippen LogP contribution >= 0.6 is 11.3 Å². The predicted molar refractivity (Wildman–Crippen MR) is 98.9 cm³/mol. The number of para-hydroxylation sites is 1. The number of piperidine rings is 1. The number of nitrogens with one attached hydrogen (secondary N) is 1. The van der Waals surface area contributed by atoms with E-state index in [1.807, 2.05) is 23.5 Å². The lowest BCUT2D eigenvalue weighted by Gasteiger charge is -2.28. The van der Waals surface area contributed by atoms with Crippen molar-refractivity contribution in [2.24, 2.45) is 0 Å². The van der Waals surface area contributed by atoms with E-state index >= 15 is 0 Å². The van der Waals surface area contributed by atoms with Crippen LogP contribution in [0.2, 0.25) is 0 Å². The summed E-state index contributed by atoms with van der Waals surface area (Å²) >= 11 is 1.83. The molecule has 5 heteroatoms. The van der Waals surface area contributed by atoms with E-state index in [1.165, 1.54) is 21.7 Å². The predicted octanol–water partition coefficient (Wildman–Crippen LogP) is 3.41. The fourth-order valence-corrected chi connectivity index (χ4v) is 4.76. The van der Waals surface area contributed by atoms with Crippen molar-refractivity contribution in [2.75, 3.05) is 20.2 Å². The summed E-state index contributed by atoms with van der Waals surface area (Å²) in [5, 5.41) is 1.27. The standard InChI is InChI=1S/C20H21FN2OS/c1-24-18-7-6-14(12-16(18)21)13-23-10-8-15(9-11-23)20-22-17-4-2-3-5-19(17)25-20/h2-7,12,15H,8-11,13H2,1H3/p+1. The van der Waals surface area contributed by atoms with Crippen molar-refractivity contribution in [1.29, 1.82) is 0 Å². The molecule has 1 N–H and O–H groups in total. The van der Waals surface area contributed by atoms with Crippen LogP contribution in [-0.4, -0.2) is 25.2 Å². The van der Waals surface area contributed by atoms with Crippen LogP contribution in [0, 0.1) is 5.82 Å². The Labute approximate surface area is 151 Å². The third-order valence-corrected chi connectivity index (χ3v) is 6.22. The molecule has 2 aromatic carbocycles. The van der Waals surface area contributed by atoms with E-state index in [4.69, 9.17) is 9.72 Å². The minimum atomic E-state index is -0.274. The summed E-state index contributed by atoms with van der Waals surface area (Å²) < 4.78 is 20.1. The Morgan fingerprint density at radius 2 is 2.00 bits per heavy atom. The third-order valence-electron chi connectivity index (χ3n) is 5.02. The molecule has 0 amide bonds. The van der Waals surface area contributed by atoms with Crippen LogP contribution in [0.5, 0.6) is 5.75 Å². The molecule has 0 saturated carbocycles. The Hall–Kier alpha value is -1.98. The van der Waals surface area contributed by atoms with Gasteiger partial charge in [-0.25, -0.2) is 9.37 Å². The van der Waals surface area contributed by atoms with E-state index in [9.17, 15) is 4.39 Å². The lowest BCUT2D eigenvalue weighted by Crippen LogP contribution is -3.11. The Kier molecular flexibility index (Phi) is 4.68. The van der Waals surface area contributed by atoms with E-state index in [0.717, 1.165) is 43.6 Å². The van der Waals surface area contributed by atoms with Gasteiger partial charge in [-0.05, 0) is 30.3 Å². The van der Waals surface area contributed by atoms with E-state index in [1.54, 1.807) is 12.1 Å². The number of rotatable bonds is 4. The van der Waals surface area contributed by atoms with E-state index in [2.05, 4.69) is 18.2 Å². The fraction of sp³-hybridized carbons (Fsp3) is 0.350. The molecule has 0 spiro atoms. The van der Waals surface area contributed by atoms with Gasteiger partial charge >= 0.3 is 0 Å². The number of aromatic nitrogens is 1. The van der Waals surface area contributed by atoms with Gasteiger partial charge in [-0.3, -0.25) is 0 Å². The first kappa shape index (κ1) is 16.5. The zero-order valence-corrected chi connectivity index (χ0v) is 15.1. The van der Waals surface area contributed by atoms with E-state index in [-0.39, 0.29) is 5.82 Å². The lowest BCUT2D eigenvalue weighted by molar-refractivity contribution is -0.919. The zero-order valence-electron chi connectivity index (χ0n) is 14.3. The highest BCUT2D eigenvalue weighted by molar-refractivity contribution is 7.18. The molecule has 0 radical (unpaired) electrons. The molecular weight excluding hydrogens is 335 g/mol. The first-order valence-corrected chi connectivity index (χ1v) is 9.56. The number of methoxy groups -OCH3 is 1. The number of quaternary nitrogens is 1. The van der Waals surface area contributed by atoms with Gasteiger partial charge in [-0.1, -0.05) is 12.1 Å². The summed E-state index contributed by atoms with van der Waals surface area (Å²) in [7, 11) is 1.50. The molecule has 0 aliphatic carbocycles. The molecule has 1 aliphatic rings. The molecule has 1 aliphatic heterocycles. The van der Waals surface area contributed by atoms with Gasteiger partial charge in [0, 0.05) is 24.3 Å². The van der Waals surface area contributed by atoms with Gasteiger partial charge in [0.2, 0.25) is 0 Å². The maximum absolute atomic E-state index is 13.8. The number of fused-ring (bicyclic) bond motifs is 1.